The van der Waals surface area contributed by atoms with E-state index in [-0.39, 0.29) is 24.9 Å². The molecule has 0 unspecified atom stereocenters. The van der Waals surface area contributed by atoms with Crippen molar-refractivity contribution in [3.63, 3.8) is 0 Å². The lowest BCUT2D eigenvalue weighted by Crippen LogP contribution is -2.33. The monoisotopic (exact) mass is 284 g/mol. The minimum absolute atomic E-state index is 0. The fraction of sp³-hybridized carbons (Fsp3) is 0.462. The van der Waals surface area contributed by atoms with Crippen LogP contribution in [0, 0.1) is 0 Å². The molecule has 1 amide bonds. The van der Waals surface area contributed by atoms with Crippen molar-refractivity contribution in [2.75, 3.05) is 25.0 Å². The molecular formula is C13H17ClN2O3. The number of piperidine rings is 1. The Labute approximate surface area is 118 Å². The lowest BCUT2D eigenvalue weighted by Gasteiger charge is -2.26. The largest absolute Gasteiger partial charge is 0.482 e. The minimum Gasteiger partial charge on any atom is -0.482 e. The minimum atomic E-state index is -0.127. The van der Waals surface area contributed by atoms with Crippen molar-refractivity contribution in [1.29, 1.82) is 0 Å². The highest BCUT2D eigenvalue weighted by atomic mass is 35.5. The maximum atomic E-state index is 11.2. The fourth-order valence-electron chi connectivity index (χ4n) is 2.22. The number of carbonyl (C=O) groups is 1. The third-order valence-corrected chi connectivity index (χ3v) is 3.13. The number of amides is 1. The molecule has 1 saturated heterocycles. The van der Waals surface area contributed by atoms with Crippen LogP contribution in [-0.2, 0) is 4.79 Å². The molecule has 1 aromatic rings. The highest BCUT2D eigenvalue weighted by Crippen LogP contribution is 2.31. The number of carbonyl (C=O) groups excluding carboxylic acids is 1. The third kappa shape index (κ3) is 3.30. The van der Waals surface area contributed by atoms with E-state index in [1.807, 2.05) is 17.2 Å². The van der Waals surface area contributed by atoms with Crippen molar-refractivity contribution in [1.82, 2.24) is 5.06 Å². The zero-order valence-electron chi connectivity index (χ0n) is 10.6. The zero-order valence-corrected chi connectivity index (χ0v) is 11.4. The van der Waals surface area contributed by atoms with Crippen molar-refractivity contribution in [3.8, 4) is 11.5 Å². The van der Waals surface area contributed by atoms with E-state index in [0.29, 0.717) is 11.4 Å². The summed E-state index contributed by atoms with van der Waals surface area (Å²) in [6.45, 7) is 2.00. The summed E-state index contributed by atoms with van der Waals surface area (Å²) in [5, 5.41) is 4.74. The number of ether oxygens (including phenoxy) is 1. The second kappa shape index (κ2) is 6.12. The molecule has 104 valence electrons. The molecule has 6 heteroatoms. The molecule has 2 heterocycles. The molecule has 0 bridgehead atoms. The smallest absolute Gasteiger partial charge is 0.262 e. The van der Waals surface area contributed by atoms with Crippen LogP contribution in [0.3, 0.4) is 0 Å². The van der Waals surface area contributed by atoms with Crippen LogP contribution < -0.4 is 14.9 Å². The number of benzene rings is 1. The molecule has 0 aliphatic carbocycles. The van der Waals surface area contributed by atoms with Gasteiger partial charge in [-0.1, -0.05) is 6.42 Å². The van der Waals surface area contributed by atoms with Gasteiger partial charge in [0.05, 0.1) is 5.69 Å². The van der Waals surface area contributed by atoms with E-state index < -0.39 is 0 Å². The van der Waals surface area contributed by atoms with Gasteiger partial charge in [-0.05, 0) is 25.0 Å². The molecule has 0 saturated carbocycles. The maximum absolute atomic E-state index is 11.2. The zero-order chi connectivity index (χ0) is 12.4. The van der Waals surface area contributed by atoms with Gasteiger partial charge in [-0.25, -0.2) is 0 Å². The van der Waals surface area contributed by atoms with Crippen LogP contribution in [0.25, 0.3) is 0 Å². The maximum Gasteiger partial charge on any atom is 0.262 e. The molecule has 2 aliphatic rings. The summed E-state index contributed by atoms with van der Waals surface area (Å²) in [6.07, 6.45) is 3.61. The number of nitrogens with zero attached hydrogens (tertiary/aromatic N) is 1. The van der Waals surface area contributed by atoms with Crippen LogP contribution >= 0.6 is 12.4 Å². The molecule has 2 aliphatic heterocycles. The number of rotatable bonds is 2. The van der Waals surface area contributed by atoms with Gasteiger partial charge in [0, 0.05) is 19.2 Å². The number of fused-ring (bicyclic) bond motifs is 1. The summed E-state index contributed by atoms with van der Waals surface area (Å²) < 4.78 is 5.30. The molecule has 0 atom stereocenters. The van der Waals surface area contributed by atoms with E-state index in [4.69, 9.17) is 9.57 Å². The first-order valence-corrected chi connectivity index (χ1v) is 6.31. The first-order chi connectivity index (χ1) is 8.81. The number of nitrogens with one attached hydrogen (secondary N) is 1. The van der Waals surface area contributed by atoms with E-state index in [2.05, 4.69) is 5.32 Å². The van der Waals surface area contributed by atoms with Crippen molar-refractivity contribution in [2.45, 2.75) is 19.3 Å². The highest BCUT2D eigenvalue weighted by molar-refractivity contribution is 5.95. The molecule has 0 spiro atoms. The SMILES string of the molecule is Cl.O=C1COc2ccc(ON3CCCCC3)cc2N1. The average molecular weight is 285 g/mol. The predicted octanol–water partition coefficient (Wildman–Crippen LogP) is 2.22. The molecular weight excluding hydrogens is 268 g/mol. The Morgan fingerprint density at radius 1 is 1.21 bits per heavy atom. The summed E-state index contributed by atoms with van der Waals surface area (Å²) in [7, 11) is 0. The Balaban J connectivity index is 0.00000133. The number of hydroxylamine groups is 2. The standard InChI is InChI=1S/C13H16N2O3.ClH/c16-13-9-17-12-5-4-10(8-11(12)14-13)18-15-6-2-1-3-7-15;/h4-5,8H,1-3,6-7,9H2,(H,14,16);1H. The molecule has 5 nitrogen and oxygen atoms in total. The van der Waals surface area contributed by atoms with Gasteiger partial charge < -0.3 is 14.9 Å². The van der Waals surface area contributed by atoms with E-state index in [1.165, 1.54) is 19.3 Å². The summed E-state index contributed by atoms with van der Waals surface area (Å²) in [5.41, 5.74) is 0.681. The molecule has 0 radical (unpaired) electrons. The first kappa shape index (κ1) is 14.0. The summed E-state index contributed by atoms with van der Waals surface area (Å²) in [6, 6.07) is 5.50. The first-order valence-electron chi connectivity index (χ1n) is 6.31. The van der Waals surface area contributed by atoms with Crippen molar-refractivity contribution >= 4 is 24.0 Å². The number of anilines is 1. The van der Waals surface area contributed by atoms with Gasteiger partial charge in [0.1, 0.15) is 11.5 Å². The lowest BCUT2D eigenvalue weighted by molar-refractivity contribution is -0.118. The lowest BCUT2D eigenvalue weighted by atomic mass is 10.2. The molecule has 1 N–H and O–H groups in total. The number of hydrogen-bond donors (Lipinski definition) is 1. The summed E-state index contributed by atoms with van der Waals surface area (Å²) in [5.74, 6) is 1.31. The Morgan fingerprint density at radius 3 is 2.79 bits per heavy atom. The molecule has 1 aromatic carbocycles. The van der Waals surface area contributed by atoms with Gasteiger partial charge in [-0.2, -0.15) is 0 Å². The van der Waals surface area contributed by atoms with Crippen LogP contribution in [0.15, 0.2) is 18.2 Å². The van der Waals surface area contributed by atoms with Gasteiger partial charge in [-0.3, -0.25) is 4.79 Å². The Morgan fingerprint density at radius 2 is 2.00 bits per heavy atom. The summed E-state index contributed by atoms with van der Waals surface area (Å²) >= 11 is 0. The number of halogens is 1. The van der Waals surface area contributed by atoms with Crippen LogP contribution in [0.1, 0.15) is 19.3 Å². The Hall–Kier alpha value is -1.46. The normalized spacial score (nSPS) is 18.6. The molecule has 0 aromatic heterocycles. The summed E-state index contributed by atoms with van der Waals surface area (Å²) in [4.78, 5) is 17.0. The van der Waals surface area contributed by atoms with E-state index >= 15 is 0 Å². The van der Waals surface area contributed by atoms with E-state index in [9.17, 15) is 4.79 Å². The van der Waals surface area contributed by atoms with Crippen molar-refractivity contribution in [3.05, 3.63) is 18.2 Å². The molecule has 3 rings (SSSR count). The van der Waals surface area contributed by atoms with Crippen LogP contribution in [0.2, 0.25) is 0 Å². The number of hydrogen-bond acceptors (Lipinski definition) is 4. The average Bonchev–Trinajstić information content (AvgIpc) is 2.39. The van der Waals surface area contributed by atoms with Crippen LogP contribution in [0.4, 0.5) is 5.69 Å². The quantitative estimate of drug-likeness (QED) is 0.905. The topological polar surface area (TPSA) is 50.8 Å². The van der Waals surface area contributed by atoms with Crippen LogP contribution in [0.5, 0.6) is 11.5 Å². The van der Waals surface area contributed by atoms with Crippen LogP contribution in [-0.4, -0.2) is 30.7 Å². The van der Waals surface area contributed by atoms with E-state index in [0.717, 1.165) is 18.8 Å². The van der Waals surface area contributed by atoms with Crippen molar-refractivity contribution in [2.24, 2.45) is 0 Å². The van der Waals surface area contributed by atoms with Gasteiger partial charge in [-0.15, -0.1) is 17.5 Å². The highest BCUT2D eigenvalue weighted by Gasteiger charge is 2.18. The predicted molar refractivity (Wildman–Crippen MR) is 73.9 cm³/mol. The Bertz CT molecular complexity index is 461. The fourth-order valence-corrected chi connectivity index (χ4v) is 2.22. The third-order valence-electron chi connectivity index (χ3n) is 3.13. The molecule has 1 fully saturated rings. The Kier molecular flexibility index (Phi) is 4.50. The van der Waals surface area contributed by atoms with Crippen molar-refractivity contribution < 1.29 is 14.4 Å². The van der Waals surface area contributed by atoms with E-state index in [1.54, 1.807) is 6.07 Å². The second-order valence-electron chi connectivity index (χ2n) is 4.58. The van der Waals surface area contributed by atoms with Gasteiger partial charge in [0.25, 0.3) is 5.91 Å². The van der Waals surface area contributed by atoms with Gasteiger partial charge >= 0.3 is 0 Å². The molecule has 19 heavy (non-hydrogen) atoms. The second-order valence-corrected chi connectivity index (χ2v) is 4.58. The van der Waals surface area contributed by atoms with Gasteiger partial charge in [0.2, 0.25) is 0 Å². The van der Waals surface area contributed by atoms with Gasteiger partial charge in [0.15, 0.2) is 6.61 Å².